The van der Waals surface area contributed by atoms with Crippen LogP contribution in [0.2, 0.25) is 0 Å². The van der Waals surface area contributed by atoms with Gasteiger partial charge in [0.25, 0.3) is 0 Å². The zero-order chi connectivity index (χ0) is 29.9. The van der Waals surface area contributed by atoms with Crippen LogP contribution < -0.4 is 17.1 Å². The van der Waals surface area contributed by atoms with E-state index in [9.17, 15) is 28.8 Å². The SMILES string of the molecule is O=C=NCC(C1CCCCC1)n1c(=O)n(C(CN=C=O)C2CCCCC2)c(=O)n(C(CN=C=O)C2CCCCC2)c1=O. The van der Waals surface area contributed by atoms with Crippen LogP contribution in [0.3, 0.4) is 0 Å². The normalized spacial score (nSPS) is 20.9. The van der Waals surface area contributed by atoms with Crippen LogP contribution in [0.4, 0.5) is 0 Å². The standard InChI is InChI=1S/C30H42N6O6/c37-19-31-16-25(22-10-4-1-5-11-22)34-28(40)35(26(17-32-20-38)23-12-6-2-7-13-23)30(42)36(29(34)41)27(18-33-21-39)24-14-8-3-9-15-24/h22-27H,1-18H2. The predicted octanol–water partition coefficient (Wildman–Crippen LogP) is 3.54. The molecule has 1 aromatic rings. The maximum atomic E-state index is 14.4. The van der Waals surface area contributed by atoms with Gasteiger partial charge >= 0.3 is 17.1 Å². The van der Waals surface area contributed by atoms with Gasteiger partial charge in [0.05, 0.1) is 37.8 Å². The van der Waals surface area contributed by atoms with Gasteiger partial charge in [0.1, 0.15) is 0 Å². The first kappa shape index (κ1) is 31.5. The summed E-state index contributed by atoms with van der Waals surface area (Å²) in [6, 6.07) is -2.23. The molecule has 0 radical (unpaired) electrons. The fourth-order valence-corrected chi connectivity index (χ4v) is 7.72. The van der Waals surface area contributed by atoms with Gasteiger partial charge in [0, 0.05) is 0 Å². The summed E-state index contributed by atoms with van der Waals surface area (Å²) in [6.07, 6.45) is 17.9. The highest BCUT2D eigenvalue weighted by Crippen LogP contribution is 2.35. The van der Waals surface area contributed by atoms with Gasteiger partial charge in [-0.15, -0.1) is 0 Å². The lowest BCUT2D eigenvalue weighted by atomic mass is 9.83. The Morgan fingerprint density at radius 3 is 0.929 bits per heavy atom. The van der Waals surface area contributed by atoms with E-state index >= 15 is 0 Å². The van der Waals surface area contributed by atoms with E-state index in [1.54, 1.807) is 18.2 Å². The molecule has 1 aromatic heterocycles. The summed E-state index contributed by atoms with van der Waals surface area (Å²) in [5.41, 5.74) is -2.30. The number of nitrogens with zero attached hydrogens (tertiary/aromatic N) is 6. The number of carbonyl (C=O) groups excluding carboxylic acids is 3. The van der Waals surface area contributed by atoms with Crippen molar-refractivity contribution in [2.75, 3.05) is 19.6 Å². The van der Waals surface area contributed by atoms with Gasteiger partial charge < -0.3 is 0 Å². The van der Waals surface area contributed by atoms with Crippen molar-refractivity contribution in [1.82, 2.24) is 13.7 Å². The third kappa shape index (κ3) is 7.12. The second kappa shape index (κ2) is 15.7. The first-order valence-electron chi connectivity index (χ1n) is 15.6. The lowest BCUT2D eigenvalue weighted by Crippen LogP contribution is -2.60. The molecule has 12 nitrogen and oxygen atoms in total. The Labute approximate surface area is 244 Å². The molecule has 3 saturated carbocycles. The highest BCUT2D eigenvalue weighted by molar-refractivity contribution is 5.33. The molecule has 3 unspecified atom stereocenters. The van der Waals surface area contributed by atoms with Crippen LogP contribution in [0.25, 0.3) is 0 Å². The van der Waals surface area contributed by atoms with E-state index in [2.05, 4.69) is 15.0 Å². The van der Waals surface area contributed by atoms with Crippen molar-refractivity contribution in [3.05, 3.63) is 31.5 Å². The quantitative estimate of drug-likeness (QED) is 0.271. The molecule has 0 saturated heterocycles. The van der Waals surface area contributed by atoms with E-state index in [-0.39, 0.29) is 37.4 Å². The third-order valence-electron chi connectivity index (χ3n) is 9.84. The fraction of sp³-hybridized carbons (Fsp3) is 0.800. The highest BCUT2D eigenvalue weighted by atomic mass is 16.2. The molecule has 3 aliphatic rings. The summed E-state index contributed by atoms with van der Waals surface area (Å²) in [6.45, 7) is -0.325. The number of hydrogen-bond acceptors (Lipinski definition) is 9. The molecule has 1 heterocycles. The Morgan fingerprint density at radius 2 is 0.714 bits per heavy atom. The molecule has 3 aliphatic carbocycles. The number of rotatable bonds is 12. The van der Waals surface area contributed by atoms with Crippen LogP contribution in [-0.4, -0.2) is 51.6 Å². The second-order valence-electron chi connectivity index (χ2n) is 12.1. The third-order valence-corrected chi connectivity index (χ3v) is 9.84. The van der Waals surface area contributed by atoms with Gasteiger partial charge in [-0.3, -0.25) is 0 Å². The zero-order valence-corrected chi connectivity index (χ0v) is 24.3. The lowest BCUT2D eigenvalue weighted by Gasteiger charge is -2.35. The topological polar surface area (TPSA) is 154 Å². The van der Waals surface area contributed by atoms with E-state index in [1.807, 2.05) is 0 Å². The van der Waals surface area contributed by atoms with E-state index in [0.29, 0.717) is 0 Å². The molecule has 0 aliphatic heterocycles. The van der Waals surface area contributed by atoms with Gasteiger partial charge in [0.2, 0.25) is 18.2 Å². The molecule has 12 heteroatoms. The molecule has 0 N–H and O–H groups in total. The fourth-order valence-electron chi connectivity index (χ4n) is 7.72. The second-order valence-corrected chi connectivity index (χ2v) is 12.1. The summed E-state index contributed by atoms with van der Waals surface area (Å²) in [4.78, 5) is 88.4. The minimum Gasteiger partial charge on any atom is -0.247 e. The Kier molecular flexibility index (Phi) is 11.8. The van der Waals surface area contributed by atoms with E-state index in [1.165, 1.54) is 0 Å². The Hall–Kier alpha value is -3.45. The summed E-state index contributed by atoms with van der Waals surface area (Å²) in [5, 5.41) is 0. The maximum absolute atomic E-state index is 14.4. The monoisotopic (exact) mass is 582 g/mol. The Balaban J connectivity index is 2.02. The molecule has 3 fully saturated rings. The van der Waals surface area contributed by atoms with Crippen LogP contribution >= 0.6 is 0 Å². The van der Waals surface area contributed by atoms with Crippen molar-refractivity contribution in [1.29, 1.82) is 0 Å². The van der Waals surface area contributed by atoms with Crippen LogP contribution in [0, 0.1) is 17.8 Å². The molecule has 3 atom stereocenters. The average molecular weight is 583 g/mol. The van der Waals surface area contributed by atoms with Crippen molar-refractivity contribution in [2.45, 2.75) is 114 Å². The Bertz CT molecular complexity index is 1180. The maximum Gasteiger partial charge on any atom is 0.336 e. The van der Waals surface area contributed by atoms with Gasteiger partial charge in [-0.2, -0.15) is 0 Å². The van der Waals surface area contributed by atoms with Crippen molar-refractivity contribution in [2.24, 2.45) is 32.7 Å². The molecule has 0 aromatic carbocycles. The summed E-state index contributed by atoms with van der Waals surface area (Å²) in [7, 11) is 0. The van der Waals surface area contributed by atoms with Crippen molar-refractivity contribution in [3.8, 4) is 0 Å². The summed E-state index contributed by atoms with van der Waals surface area (Å²) in [5.74, 6) is -0.284. The van der Waals surface area contributed by atoms with Gasteiger partial charge in [0.15, 0.2) is 0 Å². The Morgan fingerprint density at radius 1 is 0.476 bits per heavy atom. The molecular formula is C30H42N6O6. The van der Waals surface area contributed by atoms with Gasteiger partial charge in [-0.05, 0) is 56.3 Å². The lowest BCUT2D eigenvalue weighted by molar-refractivity contribution is 0.185. The van der Waals surface area contributed by atoms with Crippen molar-refractivity contribution < 1.29 is 14.4 Å². The number of hydrogen-bond donors (Lipinski definition) is 0. The largest absolute Gasteiger partial charge is 0.336 e. The molecule has 0 spiro atoms. The summed E-state index contributed by atoms with van der Waals surface area (Å²) >= 11 is 0. The van der Waals surface area contributed by atoms with Crippen LogP contribution in [0.1, 0.15) is 114 Å². The minimum absolute atomic E-state index is 0.0945. The first-order valence-corrected chi connectivity index (χ1v) is 15.6. The molecule has 228 valence electrons. The average Bonchev–Trinajstić information content (AvgIpc) is 3.03. The minimum atomic E-state index is -0.768. The predicted molar refractivity (Wildman–Crippen MR) is 155 cm³/mol. The van der Waals surface area contributed by atoms with E-state index in [4.69, 9.17) is 0 Å². The van der Waals surface area contributed by atoms with Gasteiger partial charge in [-0.25, -0.2) is 57.4 Å². The molecular weight excluding hydrogens is 540 g/mol. The summed E-state index contributed by atoms with van der Waals surface area (Å²) < 4.78 is 3.37. The van der Waals surface area contributed by atoms with E-state index < -0.39 is 35.2 Å². The first-order chi connectivity index (χ1) is 20.5. The van der Waals surface area contributed by atoms with Gasteiger partial charge in [-0.1, -0.05) is 57.8 Å². The highest BCUT2D eigenvalue weighted by Gasteiger charge is 2.37. The van der Waals surface area contributed by atoms with E-state index in [0.717, 1.165) is 110 Å². The van der Waals surface area contributed by atoms with Crippen molar-refractivity contribution in [3.63, 3.8) is 0 Å². The zero-order valence-electron chi connectivity index (χ0n) is 24.3. The molecule has 0 amide bonds. The molecule has 42 heavy (non-hydrogen) atoms. The molecule has 4 rings (SSSR count). The van der Waals surface area contributed by atoms with Crippen LogP contribution in [0.15, 0.2) is 29.4 Å². The van der Waals surface area contributed by atoms with Crippen LogP contribution in [0.5, 0.6) is 0 Å². The number of aliphatic imine (C=N–C) groups is 3. The van der Waals surface area contributed by atoms with Crippen LogP contribution in [-0.2, 0) is 14.4 Å². The number of aromatic nitrogens is 3. The molecule has 0 bridgehead atoms. The smallest absolute Gasteiger partial charge is 0.247 e. The number of isocyanates is 3. The van der Waals surface area contributed by atoms with Crippen molar-refractivity contribution >= 4 is 18.2 Å².